The number of likely N-dealkylation sites (tertiary alicyclic amines) is 1. The van der Waals surface area contributed by atoms with Gasteiger partial charge < -0.3 is 15.0 Å². The molecule has 6 heteroatoms. The predicted molar refractivity (Wildman–Crippen MR) is 72.1 cm³/mol. The monoisotopic (exact) mass is 284 g/mol. The van der Waals surface area contributed by atoms with Gasteiger partial charge in [-0.3, -0.25) is 0 Å². The van der Waals surface area contributed by atoms with Gasteiger partial charge >= 0.3 is 12.6 Å². The van der Waals surface area contributed by atoms with E-state index in [9.17, 15) is 13.6 Å². The predicted octanol–water partition coefficient (Wildman–Crippen LogP) is 3.55. The van der Waals surface area contributed by atoms with Crippen LogP contribution in [0.5, 0.6) is 5.75 Å². The summed E-state index contributed by atoms with van der Waals surface area (Å²) in [6, 6.07) is 5.74. The summed E-state index contributed by atoms with van der Waals surface area (Å²) >= 11 is 0. The summed E-state index contributed by atoms with van der Waals surface area (Å²) in [5.74, 6) is 0.731. The summed E-state index contributed by atoms with van der Waals surface area (Å²) in [6.45, 7) is 0.835. The fourth-order valence-electron chi connectivity index (χ4n) is 2.13. The Balaban J connectivity index is 1.88. The number of hydrogen-bond acceptors (Lipinski definition) is 2. The van der Waals surface area contributed by atoms with Gasteiger partial charge in [-0.15, -0.1) is 0 Å². The average Bonchev–Trinajstić information content (AvgIpc) is 2.41. The zero-order chi connectivity index (χ0) is 14.5. The van der Waals surface area contributed by atoms with Gasteiger partial charge in [0.2, 0.25) is 0 Å². The smallest absolute Gasteiger partial charge is 0.387 e. The number of ether oxygens (including phenoxy) is 1. The molecule has 2 rings (SSSR count). The first-order valence-corrected chi connectivity index (χ1v) is 6.65. The molecule has 1 aromatic carbocycles. The van der Waals surface area contributed by atoms with Gasteiger partial charge in [-0.25, -0.2) is 4.79 Å². The molecule has 0 bridgehead atoms. The third-order valence-electron chi connectivity index (χ3n) is 3.40. The topological polar surface area (TPSA) is 41.6 Å². The molecular weight excluding hydrogens is 266 g/mol. The molecule has 1 N–H and O–H groups in total. The highest BCUT2D eigenvalue weighted by molar-refractivity contribution is 5.89. The third-order valence-corrected chi connectivity index (χ3v) is 3.40. The summed E-state index contributed by atoms with van der Waals surface area (Å²) in [5, 5.41) is 2.75. The van der Waals surface area contributed by atoms with Crippen LogP contribution < -0.4 is 10.1 Å². The fourth-order valence-corrected chi connectivity index (χ4v) is 2.13. The number of nitrogens with zero attached hydrogens (tertiary/aromatic N) is 1. The number of benzene rings is 1. The third kappa shape index (κ3) is 4.08. The lowest BCUT2D eigenvalue weighted by molar-refractivity contribution is -0.0498. The Bertz CT molecular complexity index is 443. The molecule has 0 aromatic heterocycles. The van der Waals surface area contributed by atoms with Crippen LogP contribution in [-0.2, 0) is 0 Å². The number of alkyl halides is 2. The van der Waals surface area contributed by atoms with E-state index in [2.05, 4.69) is 17.0 Å². The highest BCUT2D eigenvalue weighted by atomic mass is 19.3. The number of amides is 2. The number of rotatable bonds is 3. The van der Waals surface area contributed by atoms with Gasteiger partial charge in [0, 0.05) is 18.8 Å². The van der Waals surface area contributed by atoms with E-state index in [0.29, 0.717) is 11.6 Å². The number of anilines is 1. The Hall–Kier alpha value is -1.85. The second-order valence-electron chi connectivity index (χ2n) is 5.00. The number of urea groups is 1. The lowest BCUT2D eigenvalue weighted by Crippen LogP contribution is -2.40. The maximum atomic E-state index is 12.0. The van der Waals surface area contributed by atoms with Gasteiger partial charge in [0.25, 0.3) is 0 Å². The molecule has 0 radical (unpaired) electrons. The second-order valence-corrected chi connectivity index (χ2v) is 5.00. The van der Waals surface area contributed by atoms with Crippen molar-refractivity contribution in [2.75, 3.05) is 18.4 Å². The van der Waals surface area contributed by atoms with Gasteiger partial charge in [-0.05, 0) is 43.0 Å². The van der Waals surface area contributed by atoms with Crippen molar-refractivity contribution < 1.29 is 18.3 Å². The van der Waals surface area contributed by atoms with Crippen molar-refractivity contribution in [3.8, 4) is 5.75 Å². The van der Waals surface area contributed by atoms with Crippen LogP contribution in [-0.4, -0.2) is 30.6 Å². The molecule has 1 aliphatic rings. The lowest BCUT2D eigenvalue weighted by Gasteiger charge is -2.30. The molecule has 1 saturated heterocycles. The molecule has 0 spiro atoms. The van der Waals surface area contributed by atoms with Crippen molar-refractivity contribution in [1.29, 1.82) is 0 Å². The van der Waals surface area contributed by atoms with Crippen LogP contribution in [0.25, 0.3) is 0 Å². The van der Waals surface area contributed by atoms with Gasteiger partial charge in [-0.1, -0.05) is 6.92 Å². The SMILES string of the molecule is CC1CCN(C(=O)Nc2ccc(OC(F)F)cc2)CC1. The Kier molecular flexibility index (Phi) is 4.76. The number of halogens is 2. The van der Waals surface area contributed by atoms with E-state index in [1.807, 2.05) is 0 Å². The average molecular weight is 284 g/mol. The van der Waals surface area contributed by atoms with Crippen molar-refractivity contribution >= 4 is 11.7 Å². The minimum absolute atomic E-state index is 0.0739. The minimum Gasteiger partial charge on any atom is -0.435 e. The van der Waals surface area contributed by atoms with Crippen LogP contribution in [0.3, 0.4) is 0 Å². The van der Waals surface area contributed by atoms with Crippen molar-refractivity contribution in [2.45, 2.75) is 26.4 Å². The lowest BCUT2D eigenvalue weighted by atomic mass is 10.00. The van der Waals surface area contributed by atoms with E-state index in [4.69, 9.17) is 0 Å². The number of hydrogen-bond donors (Lipinski definition) is 1. The van der Waals surface area contributed by atoms with E-state index >= 15 is 0 Å². The van der Waals surface area contributed by atoms with E-state index < -0.39 is 6.61 Å². The molecule has 0 aliphatic carbocycles. The number of carbonyl (C=O) groups excluding carboxylic acids is 1. The standard InChI is InChI=1S/C14H18F2N2O2/c1-10-6-8-18(9-7-10)14(19)17-11-2-4-12(5-3-11)20-13(15)16/h2-5,10,13H,6-9H2,1H3,(H,17,19). The summed E-state index contributed by atoms with van der Waals surface area (Å²) < 4.78 is 28.3. The molecule has 1 aromatic rings. The fraction of sp³-hybridized carbons (Fsp3) is 0.500. The number of carbonyl (C=O) groups is 1. The van der Waals surface area contributed by atoms with Gasteiger partial charge in [0.15, 0.2) is 0 Å². The molecule has 0 unspecified atom stereocenters. The van der Waals surface area contributed by atoms with Crippen LogP contribution in [0.4, 0.5) is 19.3 Å². The zero-order valence-electron chi connectivity index (χ0n) is 11.3. The molecule has 4 nitrogen and oxygen atoms in total. The second kappa shape index (κ2) is 6.54. The largest absolute Gasteiger partial charge is 0.435 e. The van der Waals surface area contributed by atoms with Gasteiger partial charge in [0.05, 0.1) is 0 Å². The van der Waals surface area contributed by atoms with Gasteiger partial charge in [-0.2, -0.15) is 8.78 Å². The molecule has 1 heterocycles. The van der Waals surface area contributed by atoms with Crippen molar-refractivity contribution in [3.63, 3.8) is 0 Å². The first kappa shape index (κ1) is 14.6. The summed E-state index contributed by atoms with van der Waals surface area (Å²) in [4.78, 5) is 13.8. The van der Waals surface area contributed by atoms with Crippen LogP contribution in [0.15, 0.2) is 24.3 Å². The normalized spacial score (nSPS) is 16.3. The van der Waals surface area contributed by atoms with E-state index in [1.54, 1.807) is 17.0 Å². The Labute approximate surface area is 116 Å². The summed E-state index contributed by atoms with van der Waals surface area (Å²) in [6.07, 6.45) is 2.02. The molecule has 20 heavy (non-hydrogen) atoms. The Morgan fingerprint density at radius 1 is 1.30 bits per heavy atom. The first-order chi connectivity index (χ1) is 9.54. The van der Waals surface area contributed by atoms with Crippen LogP contribution in [0, 0.1) is 5.92 Å². The molecule has 1 fully saturated rings. The summed E-state index contributed by atoms with van der Waals surface area (Å²) in [7, 11) is 0. The molecule has 0 atom stereocenters. The molecular formula is C14H18F2N2O2. The van der Waals surface area contributed by atoms with E-state index in [1.165, 1.54) is 12.1 Å². The molecule has 2 amide bonds. The zero-order valence-corrected chi connectivity index (χ0v) is 11.3. The molecule has 0 saturated carbocycles. The van der Waals surface area contributed by atoms with E-state index in [0.717, 1.165) is 25.9 Å². The maximum absolute atomic E-state index is 12.0. The Morgan fingerprint density at radius 3 is 2.45 bits per heavy atom. The minimum atomic E-state index is -2.84. The first-order valence-electron chi connectivity index (χ1n) is 6.65. The van der Waals surface area contributed by atoms with Gasteiger partial charge in [0.1, 0.15) is 5.75 Å². The van der Waals surface area contributed by atoms with Crippen LogP contribution >= 0.6 is 0 Å². The van der Waals surface area contributed by atoms with Crippen molar-refractivity contribution in [3.05, 3.63) is 24.3 Å². The maximum Gasteiger partial charge on any atom is 0.387 e. The summed E-state index contributed by atoms with van der Waals surface area (Å²) in [5.41, 5.74) is 0.565. The quantitative estimate of drug-likeness (QED) is 0.922. The highest BCUT2D eigenvalue weighted by Gasteiger charge is 2.20. The van der Waals surface area contributed by atoms with Crippen LogP contribution in [0.2, 0.25) is 0 Å². The van der Waals surface area contributed by atoms with Crippen molar-refractivity contribution in [1.82, 2.24) is 4.90 Å². The number of nitrogens with one attached hydrogen (secondary N) is 1. The number of piperidine rings is 1. The molecule has 110 valence electrons. The van der Waals surface area contributed by atoms with Crippen LogP contribution in [0.1, 0.15) is 19.8 Å². The van der Waals surface area contributed by atoms with E-state index in [-0.39, 0.29) is 11.8 Å². The molecule has 1 aliphatic heterocycles. The highest BCUT2D eigenvalue weighted by Crippen LogP contribution is 2.20. The van der Waals surface area contributed by atoms with Crippen molar-refractivity contribution in [2.24, 2.45) is 5.92 Å². The Morgan fingerprint density at radius 2 is 1.90 bits per heavy atom.